The Hall–Kier alpha value is -1.20. The second-order valence-electron chi connectivity index (χ2n) is 3.87. The van der Waals surface area contributed by atoms with Gasteiger partial charge in [0.1, 0.15) is 5.75 Å². The van der Waals surface area contributed by atoms with E-state index in [-0.39, 0.29) is 5.91 Å². The van der Waals surface area contributed by atoms with Gasteiger partial charge in [0.25, 0.3) is 0 Å². The zero-order valence-corrected chi connectivity index (χ0v) is 10.6. The molecule has 1 heterocycles. The summed E-state index contributed by atoms with van der Waals surface area (Å²) < 4.78 is 5.10. The lowest BCUT2D eigenvalue weighted by Crippen LogP contribution is -2.44. The quantitative estimate of drug-likeness (QED) is 0.875. The van der Waals surface area contributed by atoms with Crippen LogP contribution in [0, 0.1) is 0 Å². The molecule has 2 rings (SSSR count). The van der Waals surface area contributed by atoms with E-state index in [4.69, 9.17) is 10.5 Å². The monoisotopic (exact) mass is 252 g/mol. The van der Waals surface area contributed by atoms with E-state index >= 15 is 0 Å². The first-order valence-electron chi connectivity index (χ1n) is 5.50. The molecule has 1 atom stereocenters. The third kappa shape index (κ3) is 2.73. The lowest BCUT2D eigenvalue weighted by atomic mass is 10.2. The Kier molecular flexibility index (Phi) is 3.91. The van der Waals surface area contributed by atoms with E-state index in [1.807, 2.05) is 24.3 Å². The second-order valence-corrected chi connectivity index (χ2v) is 5.16. The van der Waals surface area contributed by atoms with Gasteiger partial charge in [-0.2, -0.15) is 0 Å². The number of thioether (sulfide) groups is 1. The Morgan fingerprint density at radius 2 is 2.18 bits per heavy atom. The minimum absolute atomic E-state index is 0.143. The summed E-state index contributed by atoms with van der Waals surface area (Å²) in [5, 5.41) is 0.329. The Morgan fingerprint density at radius 1 is 1.47 bits per heavy atom. The molecule has 0 aliphatic carbocycles. The van der Waals surface area contributed by atoms with Gasteiger partial charge in [-0.1, -0.05) is 0 Å². The normalized spacial score (nSPS) is 20.5. The molecule has 1 aliphatic heterocycles. The van der Waals surface area contributed by atoms with Crippen molar-refractivity contribution in [2.75, 3.05) is 30.9 Å². The number of benzene rings is 1. The summed E-state index contributed by atoms with van der Waals surface area (Å²) in [6.45, 7) is 1.29. The maximum absolute atomic E-state index is 11.8. The summed E-state index contributed by atoms with van der Waals surface area (Å²) in [5.74, 6) is 1.45. The highest BCUT2D eigenvalue weighted by Crippen LogP contribution is 2.26. The molecule has 4 nitrogen and oxygen atoms in total. The first-order valence-corrected chi connectivity index (χ1v) is 6.55. The Balaban J connectivity index is 2.15. The molecule has 1 aliphatic rings. The predicted octanol–water partition coefficient (Wildman–Crippen LogP) is 1.10. The van der Waals surface area contributed by atoms with Gasteiger partial charge in [0.2, 0.25) is 5.91 Å². The largest absolute Gasteiger partial charge is 0.497 e. The second kappa shape index (κ2) is 5.42. The van der Waals surface area contributed by atoms with Crippen molar-refractivity contribution in [1.82, 2.24) is 0 Å². The zero-order chi connectivity index (χ0) is 12.3. The van der Waals surface area contributed by atoms with Gasteiger partial charge >= 0.3 is 0 Å². The number of carbonyl (C=O) groups is 1. The number of carbonyl (C=O) groups excluding carboxylic acids is 1. The van der Waals surface area contributed by atoms with Gasteiger partial charge in [0.05, 0.1) is 12.9 Å². The summed E-state index contributed by atoms with van der Waals surface area (Å²) in [5.41, 5.74) is 6.57. The summed E-state index contributed by atoms with van der Waals surface area (Å²) in [4.78, 5) is 13.6. The number of nitrogens with zero attached hydrogens (tertiary/aromatic N) is 1. The van der Waals surface area contributed by atoms with Gasteiger partial charge in [-0.25, -0.2) is 0 Å². The van der Waals surface area contributed by atoms with Crippen molar-refractivity contribution < 1.29 is 9.53 Å². The lowest BCUT2D eigenvalue weighted by Gasteiger charge is -2.31. The number of nitrogens with two attached hydrogens (primary N) is 1. The van der Waals surface area contributed by atoms with Crippen LogP contribution in [0.4, 0.5) is 5.69 Å². The summed E-state index contributed by atoms with van der Waals surface area (Å²) >= 11 is 1.64. The van der Waals surface area contributed by atoms with Crippen LogP contribution in [-0.2, 0) is 4.79 Å². The molecule has 1 aromatic carbocycles. The highest BCUT2D eigenvalue weighted by Gasteiger charge is 2.26. The molecule has 0 saturated carbocycles. The van der Waals surface area contributed by atoms with Crippen LogP contribution < -0.4 is 15.4 Å². The molecule has 0 spiro atoms. The minimum Gasteiger partial charge on any atom is -0.497 e. The zero-order valence-electron chi connectivity index (χ0n) is 9.76. The molecule has 1 saturated heterocycles. The van der Waals surface area contributed by atoms with E-state index in [2.05, 4.69) is 0 Å². The minimum atomic E-state index is 0.143. The van der Waals surface area contributed by atoms with Gasteiger partial charge in [0.15, 0.2) is 0 Å². The van der Waals surface area contributed by atoms with Crippen molar-refractivity contribution in [3.63, 3.8) is 0 Å². The first-order chi connectivity index (χ1) is 8.24. The first kappa shape index (κ1) is 12.3. The average molecular weight is 252 g/mol. The van der Waals surface area contributed by atoms with E-state index in [9.17, 15) is 4.79 Å². The van der Waals surface area contributed by atoms with Gasteiger partial charge in [-0.05, 0) is 24.3 Å². The molecule has 1 amide bonds. The van der Waals surface area contributed by atoms with Crippen molar-refractivity contribution in [2.45, 2.75) is 5.25 Å². The van der Waals surface area contributed by atoms with Crippen LogP contribution in [0.1, 0.15) is 0 Å². The lowest BCUT2D eigenvalue weighted by molar-refractivity contribution is -0.116. The Morgan fingerprint density at radius 3 is 2.76 bits per heavy atom. The number of amides is 1. The predicted molar refractivity (Wildman–Crippen MR) is 70.6 cm³/mol. The smallest absolute Gasteiger partial charge is 0.237 e. The van der Waals surface area contributed by atoms with Crippen LogP contribution in [-0.4, -0.2) is 37.1 Å². The Bertz CT molecular complexity index is 394. The van der Waals surface area contributed by atoms with E-state index in [0.717, 1.165) is 11.4 Å². The fourth-order valence-electron chi connectivity index (χ4n) is 1.78. The molecule has 0 aromatic heterocycles. The van der Waals surface area contributed by atoms with E-state index in [1.54, 1.807) is 23.8 Å². The van der Waals surface area contributed by atoms with E-state index in [1.165, 1.54) is 0 Å². The number of hydrogen-bond donors (Lipinski definition) is 1. The van der Waals surface area contributed by atoms with Crippen LogP contribution in [0.2, 0.25) is 0 Å². The fraction of sp³-hybridized carbons (Fsp3) is 0.417. The van der Waals surface area contributed by atoms with E-state index in [0.29, 0.717) is 24.1 Å². The van der Waals surface area contributed by atoms with Crippen LogP contribution in [0.25, 0.3) is 0 Å². The van der Waals surface area contributed by atoms with Crippen molar-refractivity contribution >= 4 is 23.4 Å². The topological polar surface area (TPSA) is 55.6 Å². The van der Waals surface area contributed by atoms with Crippen LogP contribution >= 0.6 is 11.8 Å². The molecule has 0 bridgehead atoms. The number of anilines is 1. The molecule has 5 heteroatoms. The van der Waals surface area contributed by atoms with Crippen LogP contribution in [0.3, 0.4) is 0 Å². The SMILES string of the molecule is COc1ccc(N2CC(CN)SCC2=O)cc1. The number of hydrogen-bond acceptors (Lipinski definition) is 4. The highest BCUT2D eigenvalue weighted by molar-refractivity contribution is 8.00. The van der Waals surface area contributed by atoms with Gasteiger partial charge in [-0.3, -0.25) is 4.79 Å². The van der Waals surface area contributed by atoms with Crippen molar-refractivity contribution in [1.29, 1.82) is 0 Å². The molecule has 2 N–H and O–H groups in total. The maximum atomic E-state index is 11.8. The molecular weight excluding hydrogens is 236 g/mol. The van der Waals surface area contributed by atoms with Gasteiger partial charge < -0.3 is 15.4 Å². The summed E-state index contributed by atoms with van der Waals surface area (Å²) in [7, 11) is 1.63. The average Bonchev–Trinajstić information content (AvgIpc) is 2.39. The van der Waals surface area contributed by atoms with Crippen LogP contribution in [0.5, 0.6) is 5.75 Å². The highest BCUT2D eigenvalue weighted by atomic mass is 32.2. The molecule has 17 heavy (non-hydrogen) atoms. The molecule has 1 fully saturated rings. The standard InChI is InChI=1S/C12H16N2O2S/c1-16-10-4-2-9(3-5-10)14-7-11(6-13)17-8-12(14)15/h2-5,11H,6-8,13H2,1H3. The van der Waals surface area contributed by atoms with Crippen molar-refractivity contribution in [3.8, 4) is 5.75 Å². The molecule has 92 valence electrons. The molecular formula is C12H16N2O2S. The van der Waals surface area contributed by atoms with Crippen LogP contribution in [0.15, 0.2) is 24.3 Å². The number of methoxy groups -OCH3 is 1. The number of rotatable bonds is 3. The third-order valence-electron chi connectivity index (χ3n) is 2.78. The Labute approximate surface area is 105 Å². The molecule has 1 aromatic rings. The van der Waals surface area contributed by atoms with Gasteiger partial charge in [0, 0.05) is 24.0 Å². The summed E-state index contributed by atoms with van der Waals surface area (Å²) in [6.07, 6.45) is 0. The third-order valence-corrected chi connectivity index (χ3v) is 4.00. The van der Waals surface area contributed by atoms with Gasteiger partial charge in [-0.15, -0.1) is 11.8 Å². The summed E-state index contributed by atoms with van der Waals surface area (Å²) in [6, 6.07) is 7.53. The fourth-order valence-corrected chi connectivity index (χ4v) is 2.70. The van der Waals surface area contributed by atoms with E-state index < -0.39 is 0 Å². The van der Waals surface area contributed by atoms with Crippen molar-refractivity contribution in [3.05, 3.63) is 24.3 Å². The van der Waals surface area contributed by atoms with Crippen molar-refractivity contribution in [2.24, 2.45) is 5.73 Å². The molecule has 0 radical (unpaired) electrons. The molecule has 1 unspecified atom stereocenters. The number of ether oxygens (including phenoxy) is 1. The maximum Gasteiger partial charge on any atom is 0.237 e.